The van der Waals surface area contributed by atoms with Gasteiger partial charge in [0.25, 0.3) is 0 Å². The Morgan fingerprint density at radius 3 is 2.19 bits per heavy atom. The van der Waals surface area contributed by atoms with E-state index in [1.54, 1.807) is 6.07 Å². The lowest BCUT2D eigenvalue weighted by Gasteiger charge is -2.41. The molecule has 2 aromatic carbocycles. The van der Waals surface area contributed by atoms with E-state index in [9.17, 15) is 22.7 Å². The first-order chi connectivity index (χ1) is 15.3. The lowest BCUT2D eigenvalue weighted by molar-refractivity contribution is -0.0840. The topological polar surface area (TPSA) is 29.5 Å². The van der Waals surface area contributed by atoms with Gasteiger partial charge in [-0.15, -0.1) is 0 Å². The van der Waals surface area contributed by atoms with Crippen molar-refractivity contribution in [3.05, 3.63) is 59.2 Å². The lowest BCUT2D eigenvalue weighted by Crippen LogP contribution is -2.38. The molecule has 1 aliphatic heterocycles. The first kappa shape index (κ1) is 23.2. The van der Waals surface area contributed by atoms with E-state index in [0.29, 0.717) is 30.2 Å². The van der Waals surface area contributed by atoms with Crippen molar-refractivity contribution in [2.24, 2.45) is 11.8 Å². The highest BCUT2D eigenvalue weighted by Crippen LogP contribution is 2.43. The van der Waals surface area contributed by atoms with E-state index in [1.165, 1.54) is 31.4 Å². The molecular weight excluding hydrogens is 420 g/mol. The monoisotopic (exact) mass is 450 g/mol. The van der Waals surface area contributed by atoms with Gasteiger partial charge in [0.1, 0.15) is 5.82 Å². The third kappa shape index (κ3) is 4.72. The Bertz CT molecular complexity index is 922. The number of halogens is 4. The van der Waals surface area contributed by atoms with Crippen LogP contribution >= 0.6 is 0 Å². The van der Waals surface area contributed by atoms with Crippen LogP contribution in [0.3, 0.4) is 0 Å². The minimum Gasteiger partial charge on any atom is -0.385 e. The fraction of sp³-hybridized carbons (Fsp3) is 0.538. The molecule has 6 heteroatoms. The summed E-state index contributed by atoms with van der Waals surface area (Å²) in [6.45, 7) is 3.01. The average Bonchev–Trinajstić information content (AvgIpc) is 2.78. The summed E-state index contributed by atoms with van der Waals surface area (Å²) < 4.78 is 61.3. The van der Waals surface area contributed by atoms with Crippen molar-refractivity contribution in [1.29, 1.82) is 0 Å². The van der Waals surface area contributed by atoms with Crippen LogP contribution in [0.4, 0.5) is 17.6 Å². The number of rotatable bonds is 5. The zero-order valence-electron chi connectivity index (χ0n) is 18.4. The summed E-state index contributed by atoms with van der Waals surface area (Å²) in [5.74, 6) is -3.98. The van der Waals surface area contributed by atoms with Crippen molar-refractivity contribution in [1.82, 2.24) is 0 Å². The number of benzene rings is 2. The van der Waals surface area contributed by atoms with Gasteiger partial charge in [-0.1, -0.05) is 25.5 Å². The molecule has 2 atom stereocenters. The zero-order chi connectivity index (χ0) is 22.9. The molecule has 2 aromatic rings. The fourth-order valence-corrected chi connectivity index (χ4v) is 5.36. The van der Waals surface area contributed by atoms with Crippen molar-refractivity contribution in [3.8, 4) is 11.1 Å². The Balaban J connectivity index is 1.43. The van der Waals surface area contributed by atoms with Gasteiger partial charge in [0.05, 0.1) is 11.7 Å². The molecule has 2 aliphatic rings. The van der Waals surface area contributed by atoms with Crippen LogP contribution in [0.15, 0.2) is 30.3 Å². The smallest absolute Gasteiger partial charge is 0.194 e. The Morgan fingerprint density at radius 2 is 1.62 bits per heavy atom. The second kappa shape index (κ2) is 9.52. The molecule has 32 heavy (non-hydrogen) atoms. The van der Waals surface area contributed by atoms with Gasteiger partial charge < -0.3 is 9.84 Å². The minimum atomic E-state index is -1.58. The Labute approximate surface area is 186 Å². The standard InChI is InChI=1S/C26H30F4O2/c1-2-3-16-4-7-24(32-15-16)17-8-10-26(31,11-9-17)19-5-6-20(21(27)14-19)18-12-22(28)25(30)23(29)13-18/h5-6,12-14,16-17,24,31H,2-4,7-11,15H2,1H3. The van der Waals surface area contributed by atoms with Crippen LogP contribution in [0.5, 0.6) is 0 Å². The van der Waals surface area contributed by atoms with Gasteiger partial charge in [-0.25, -0.2) is 17.6 Å². The van der Waals surface area contributed by atoms with Gasteiger partial charge in [-0.3, -0.25) is 0 Å². The normalized spacial score (nSPS) is 28.6. The molecule has 4 rings (SSSR count). The number of hydrogen-bond donors (Lipinski definition) is 1. The van der Waals surface area contributed by atoms with E-state index < -0.39 is 28.9 Å². The SMILES string of the molecule is CCCC1CCC(C2CCC(O)(c3ccc(-c4cc(F)c(F)c(F)c4)c(F)c3)CC2)OC1. The highest BCUT2D eigenvalue weighted by atomic mass is 19.2. The minimum absolute atomic E-state index is 0.0407. The van der Waals surface area contributed by atoms with Gasteiger partial charge in [-0.05, 0) is 86.1 Å². The number of aliphatic hydroxyl groups is 1. The molecule has 2 nitrogen and oxygen atoms in total. The molecule has 1 aliphatic carbocycles. The van der Waals surface area contributed by atoms with Crippen molar-refractivity contribution in [2.75, 3.05) is 6.61 Å². The molecule has 1 heterocycles. The van der Waals surface area contributed by atoms with E-state index in [-0.39, 0.29) is 17.2 Å². The van der Waals surface area contributed by atoms with Crippen LogP contribution in [0.1, 0.15) is 63.9 Å². The molecule has 0 aromatic heterocycles. The molecule has 1 N–H and O–H groups in total. The Morgan fingerprint density at radius 1 is 0.938 bits per heavy atom. The maximum absolute atomic E-state index is 14.8. The van der Waals surface area contributed by atoms with E-state index in [4.69, 9.17) is 4.74 Å². The first-order valence-corrected chi connectivity index (χ1v) is 11.6. The van der Waals surface area contributed by atoms with Crippen molar-refractivity contribution in [2.45, 2.75) is 70.0 Å². The zero-order valence-corrected chi connectivity index (χ0v) is 18.4. The third-order valence-electron chi connectivity index (χ3n) is 7.29. The van der Waals surface area contributed by atoms with Crippen LogP contribution < -0.4 is 0 Å². The fourth-order valence-electron chi connectivity index (χ4n) is 5.36. The molecule has 0 amide bonds. The summed E-state index contributed by atoms with van der Waals surface area (Å²) in [4.78, 5) is 0. The second-order valence-electron chi connectivity index (χ2n) is 9.42. The Hall–Kier alpha value is -1.92. The quantitative estimate of drug-likeness (QED) is 0.397. The maximum Gasteiger partial charge on any atom is 0.194 e. The summed E-state index contributed by atoms with van der Waals surface area (Å²) in [7, 11) is 0. The highest BCUT2D eigenvalue weighted by Gasteiger charge is 2.39. The highest BCUT2D eigenvalue weighted by molar-refractivity contribution is 5.65. The number of ether oxygens (including phenoxy) is 1. The van der Waals surface area contributed by atoms with Crippen LogP contribution in [-0.2, 0) is 10.3 Å². The Kier molecular flexibility index (Phi) is 6.91. The average molecular weight is 451 g/mol. The predicted octanol–water partition coefficient (Wildman–Crippen LogP) is 6.88. The van der Waals surface area contributed by atoms with Gasteiger partial charge >= 0.3 is 0 Å². The number of hydrogen-bond acceptors (Lipinski definition) is 2. The second-order valence-corrected chi connectivity index (χ2v) is 9.42. The molecule has 0 spiro atoms. The van der Waals surface area contributed by atoms with Crippen molar-refractivity contribution >= 4 is 0 Å². The summed E-state index contributed by atoms with van der Waals surface area (Å²) in [6, 6.07) is 5.74. The molecule has 174 valence electrons. The first-order valence-electron chi connectivity index (χ1n) is 11.6. The maximum atomic E-state index is 14.8. The van der Waals surface area contributed by atoms with E-state index in [1.807, 2.05) is 0 Å². The van der Waals surface area contributed by atoms with Crippen molar-refractivity contribution in [3.63, 3.8) is 0 Å². The van der Waals surface area contributed by atoms with Crippen LogP contribution in [0, 0.1) is 35.1 Å². The molecular formula is C26H30F4O2. The third-order valence-corrected chi connectivity index (χ3v) is 7.29. The largest absolute Gasteiger partial charge is 0.385 e. The van der Waals surface area contributed by atoms with Gasteiger partial charge in [-0.2, -0.15) is 0 Å². The molecule has 0 radical (unpaired) electrons. The van der Waals surface area contributed by atoms with Gasteiger partial charge in [0.15, 0.2) is 17.5 Å². The van der Waals surface area contributed by atoms with Crippen molar-refractivity contribution < 1.29 is 27.4 Å². The molecule has 0 bridgehead atoms. The van der Waals surface area contributed by atoms with Gasteiger partial charge in [0.2, 0.25) is 0 Å². The van der Waals surface area contributed by atoms with E-state index in [0.717, 1.165) is 38.0 Å². The predicted molar refractivity (Wildman–Crippen MR) is 115 cm³/mol. The molecule has 1 saturated carbocycles. The molecule has 2 fully saturated rings. The summed E-state index contributed by atoms with van der Waals surface area (Å²) >= 11 is 0. The summed E-state index contributed by atoms with van der Waals surface area (Å²) in [5.41, 5.74) is -0.819. The van der Waals surface area contributed by atoms with Crippen LogP contribution in [0.2, 0.25) is 0 Å². The summed E-state index contributed by atoms with van der Waals surface area (Å²) in [6.07, 6.45) is 7.48. The molecule has 2 unspecified atom stereocenters. The van der Waals surface area contributed by atoms with Crippen LogP contribution in [0.25, 0.3) is 11.1 Å². The van der Waals surface area contributed by atoms with E-state index in [2.05, 4.69) is 6.92 Å². The molecule has 1 saturated heterocycles. The van der Waals surface area contributed by atoms with Crippen LogP contribution in [-0.4, -0.2) is 17.8 Å². The van der Waals surface area contributed by atoms with Gasteiger partial charge in [0, 0.05) is 12.2 Å². The van der Waals surface area contributed by atoms with E-state index >= 15 is 0 Å². The summed E-state index contributed by atoms with van der Waals surface area (Å²) in [5, 5.41) is 11.2. The lowest BCUT2D eigenvalue weighted by atomic mass is 9.72.